The molecule has 1 N–H and O–H groups in total. The van der Waals surface area contributed by atoms with E-state index in [-0.39, 0.29) is 5.56 Å². The van der Waals surface area contributed by atoms with Crippen molar-refractivity contribution in [2.24, 2.45) is 5.92 Å². The van der Waals surface area contributed by atoms with Gasteiger partial charge in [0.2, 0.25) is 0 Å². The Morgan fingerprint density at radius 3 is 3.11 bits per heavy atom. The quantitative estimate of drug-likeness (QED) is 0.888. The fourth-order valence-electron chi connectivity index (χ4n) is 2.58. The highest BCUT2D eigenvalue weighted by Crippen LogP contribution is 2.23. The summed E-state index contributed by atoms with van der Waals surface area (Å²) < 4.78 is 5.08. The van der Waals surface area contributed by atoms with Gasteiger partial charge < -0.3 is 14.5 Å². The van der Waals surface area contributed by atoms with Crippen LogP contribution in [0.3, 0.4) is 0 Å². The monoisotopic (exact) mass is 252 g/mol. The number of piperidine rings is 1. The number of nitrogens with zero attached hydrogens (tertiary/aromatic N) is 2. The van der Waals surface area contributed by atoms with Gasteiger partial charge in [0.1, 0.15) is 5.56 Å². The zero-order valence-corrected chi connectivity index (χ0v) is 10.9. The molecule has 1 saturated heterocycles. The van der Waals surface area contributed by atoms with E-state index >= 15 is 0 Å². The number of carboxylic acid groups (broad SMARTS) is 1. The molecule has 2 rings (SSSR count). The highest BCUT2D eigenvalue weighted by molar-refractivity contribution is 5.88. The van der Waals surface area contributed by atoms with Gasteiger partial charge in [-0.3, -0.25) is 0 Å². The predicted octanol–water partition coefficient (Wildman–Crippen LogP) is 2.04. The lowest BCUT2D eigenvalue weighted by Crippen LogP contribution is -2.40. The second-order valence-electron chi connectivity index (χ2n) is 5.27. The third-order valence-electron chi connectivity index (χ3n) is 3.63. The largest absolute Gasteiger partial charge is 0.478 e. The fourth-order valence-corrected chi connectivity index (χ4v) is 2.58. The van der Waals surface area contributed by atoms with Crippen molar-refractivity contribution in [3.63, 3.8) is 0 Å². The van der Waals surface area contributed by atoms with Gasteiger partial charge in [0.25, 0.3) is 0 Å². The highest BCUT2D eigenvalue weighted by atomic mass is 16.5. The van der Waals surface area contributed by atoms with Crippen LogP contribution in [0.1, 0.15) is 42.8 Å². The van der Waals surface area contributed by atoms with Crippen LogP contribution in [0.15, 0.2) is 10.7 Å². The summed E-state index contributed by atoms with van der Waals surface area (Å²) in [6.45, 7) is 6.53. The Balaban J connectivity index is 2.00. The number of likely N-dealkylation sites (tertiary alicyclic amines) is 1. The van der Waals surface area contributed by atoms with Crippen LogP contribution in [0.25, 0.3) is 0 Å². The number of aromatic nitrogens is 1. The molecule has 0 radical (unpaired) electrons. The molecule has 1 unspecified atom stereocenters. The van der Waals surface area contributed by atoms with E-state index in [0.717, 1.165) is 19.5 Å². The van der Waals surface area contributed by atoms with E-state index < -0.39 is 5.97 Å². The van der Waals surface area contributed by atoms with Crippen LogP contribution in [0.5, 0.6) is 0 Å². The van der Waals surface area contributed by atoms with Crippen molar-refractivity contribution in [3.8, 4) is 0 Å². The average Bonchev–Trinajstić information content (AvgIpc) is 2.77. The van der Waals surface area contributed by atoms with E-state index in [1.54, 1.807) is 0 Å². The fraction of sp³-hybridized carbons (Fsp3) is 0.692. The molecule has 1 aromatic heterocycles. The number of hydrogen-bond donors (Lipinski definition) is 1. The van der Waals surface area contributed by atoms with Gasteiger partial charge in [-0.1, -0.05) is 5.16 Å². The standard InChI is InChI=1S/C13H20N2O3/c1-9(2)15-5-3-4-10(8-15)6-12-11(13(16)17)7-14-18-12/h7,9-10H,3-6,8H2,1-2H3,(H,16,17). The van der Waals surface area contributed by atoms with Crippen LogP contribution in [0.4, 0.5) is 0 Å². The van der Waals surface area contributed by atoms with Gasteiger partial charge in [0.05, 0.1) is 6.20 Å². The highest BCUT2D eigenvalue weighted by Gasteiger charge is 2.25. The Kier molecular flexibility index (Phi) is 4.01. The summed E-state index contributed by atoms with van der Waals surface area (Å²) in [5.74, 6) is 0.0214. The van der Waals surface area contributed by atoms with Crippen molar-refractivity contribution in [2.45, 2.75) is 39.2 Å². The molecule has 0 bridgehead atoms. The molecule has 1 aliphatic heterocycles. The summed E-state index contributed by atoms with van der Waals surface area (Å²) in [6, 6.07) is 0.543. The van der Waals surface area contributed by atoms with Crippen LogP contribution >= 0.6 is 0 Å². The van der Waals surface area contributed by atoms with E-state index in [1.807, 2.05) is 0 Å². The molecule has 1 fully saturated rings. The molecule has 2 heterocycles. The second kappa shape index (κ2) is 5.52. The Morgan fingerprint density at radius 1 is 1.67 bits per heavy atom. The maximum absolute atomic E-state index is 11.0. The zero-order chi connectivity index (χ0) is 13.1. The smallest absolute Gasteiger partial charge is 0.340 e. The van der Waals surface area contributed by atoms with E-state index in [2.05, 4.69) is 23.9 Å². The third-order valence-corrected chi connectivity index (χ3v) is 3.63. The summed E-state index contributed by atoms with van der Waals surface area (Å²) in [4.78, 5) is 13.4. The molecule has 100 valence electrons. The van der Waals surface area contributed by atoms with Gasteiger partial charge in [0.15, 0.2) is 5.76 Å². The summed E-state index contributed by atoms with van der Waals surface area (Å²) in [7, 11) is 0. The molecule has 1 atom stereocenters. The predicted molar refractivity (Wildman–Crippen MR) is 66.6 cm³/mol. The zero-order valence-electron chi connectivity index (χ0n) is 10.9. The van der Waals surface area contributed by atoms with Crippen molar-refractivity contribution in [1.29, 1.82) is 0 Å². The first-order valence-corrected chi connectivity index (χ1v) is 6.48. The van der Waals surface area contributed by atoms with Crippen molar-refractivity contribution in [3.05, 3.63) is 17.5 Å². The van der Waals surface area contributed by atoms with Crippen molar-refractivity contribution in [2.75, 3.05) is 13.1 Å². The molecule has 5 nitrogen and oxygen atoms in total. The number of carboxylic acids is 1. The number of carbonyl (C=O) groups is 1. The normalized spacial score (nSPS) is 21.4. The number of hydrogen-bond acceptors (Lipinski definition) is 4. The van der Waals surface area contributed by atoms with Gasteiger partial charge in [-0.25, -0.2) is 4.79 Å². The van der Waals surface area contributed by atoms with Crippen LogP contribution in [-0.2, 0) is 6.42 Å². The molecular weight excluding hydrogens is 232 g/mol. The molecule has 0 spiro atoms. The minimum absolute atomic E-state index is 0.205. The minimum atomic E-state index is -0.956. The third kappa shape index (κ3) is 2.90. The van der Waals surface area contributed by atoms with Crippen LogP contribution in [-0.4, -0.2) is 40.3 Å². The molecule has 0 saturated carbocycles. The second-order valence-corrected chi connectivity index (χ2v) is 5.27. The lowest BCUT2D eigenvalue weighted by Gasteiger charge is -2.35. The lowest BCUT2D eigenvalue weighted by atomic mass is 9.92. The maximum Gasteiger partial charge on any atom is 0.340 e. The van der Waals surface area contributed by atoms with Crippen LogP contribution in [0.2, 0.25) is 0 Å². The van der Waals surface area contributed by atoms with Gasteiger partial charge >= 0.3 is 5.97 Å². The molecule has 1 aromatic rings. The van der Waals surface area contributed by atoms with E-state index in [0.29, 0.717) is 24.1 Å². The lowest BCUT2D eigenvalue weighted by molar-refractivity contribution is 0.0693. The minimum Gasteiger partial charge on any atom is -0.478 e. The summed E-state index contributed by atoms with van der Waals surface area (Å²) in [5, 5.41) is 12.6. The molecule has 1 aliphatic rings. The first-order valence-electron chi connectivity index (χ1n) is 6.48. The first kappa shape index (κ1) is 13.1. The molecule has 5 heteroatoms. The van der Waals surface area contributed by atoms with Crippen LogP contribution in [0, 0.1) is 5.92 Å². The Bertz CT molecular complexity index is 414. The first-order chi connectivity index (χ1) is 8.58. The molecule has 18 heavy (non-hydrogen) atoms. The average molecular weight is 252 g/mol. The SMILES string of the molecule is CC(C)N1CCCC(Cc2oncc2C(=O)O)C1. The Morgan fingerprint density at radius 2 is 2.44 bits per heavy atom. The van der Waals surface area contributed by atoms with Gasteiger partial charge in [-0.2, -0.15) is 0 Å². The summed E-state index contributed by atoms with van der Waals surface area (Å²) in [6.07, 6.45) is 4.26. The number of rotatable bonds is 4. The van der Waals surface area contributed by atoms with Gasteiger partial charge in [0, 0.05) is 19.0 Å². The van der Waals surface area contributed by atoms with Crippen molar-refractivity contribution in [1.82, 2.24) is 10.1 Å². The summed E-state index contributed by atoms with van der Waals surface area (Å²) in [5.41, 5.74) is 0.205. The van der Waals surface area contributed by atoms with Crippen molar-refractivity contribution < 1.29 is 14.4 Å². The maximum atomic E-state index is 11.0. The Hall–Kier alpha value is -1.36. The van der Waals surface area contributed by atoms with E-state index in [4.69, 9.17) is 9.63 Å². The number of aromatic carboxylic acids is 1. The van der Waals surface area contributed by atoms with Crippen molar-refractivity contribution >= 4 is 5.97 Å². The van der Waals surface area contributed by atoms with Crippen LogP contribution < -0.4 is 0 Å². The molecule has 0 amide bonds. The molecule has 0 aliphatic carbocycles. The molecule has 0 aromatic carbocycles. The molecular formula is C13H20N2O3. The Labute approximate surface area is 107 Å². The van der Waals surface area contributed by atoms with Gasteiger partial charge in [-0.05, 0) is 39.2 Å². The van der Waals surface area contributed by atoms with E-state index in [1.165, 1.54) is 12.6 Å². The summed E-state index contributed by atoms with van der Waals surface area (Å²) >= 11 is 0. The van der Waals surface area contributed by atoms with Gasteiger partial charge in [-0.15, -0.1) is 0 Å². The van der Waals surface area contributed by atoms with E-state index in [9.17, 15) is 4.79 Å². The topological polar surface area (TPSA) is 66.6 Å².